The van der Waals surface area contributed by atoms with Crippen LogP contribution in [-0.4, -0.2) is 11.8 Å². The maximum Gasteiger partial charge on any atom is 0.417 e. The van der Waals surface area contributed by atoms with Gasteiger partial charge >= 0.3 is 6.18 Å². The van der Waals surface area contributed by atoms with E-state index < -0.39 is 11.7 Å². The molecule has 0 aliphatic rings. The normalized spacial score (nSPS) is 10.8. The summed E-state index contributed by atoms with van der Waals surface area (Å²) in [6.45, 7) is 0.0719. The van der Waals surface area contributed by atoms with E-state index in [1.807, 2.05) is 0 Å². The highest BCUT2D eigenvalue weighted by Crippen LogP contribution is 2.36. The number of thiocarbonyl (C=S) groups is 1. The van der Waals surface area contributed by atoms with Crippen molar-refractivity contribution in [1.29, 1.82) is 0 Å². The summed E-state index contributed by atoms with van der Waals surface area (Å²) < 4.78 is 37.4. The summed E-state index contributed by atoms with van der Waals surface area (Å²) in [6.07, 6.45) is -4.47. The lowest BCUT2D eigenvalue weighted by Gasteiger charge is -2.11. The van der Waals surface area contributed by atoms with Crippen molar-refractivity contribution in [2.24, 2.45) is 4.99 Å². The molecule has 1 aromatic carbocycles. The molecule has 16 heavy (non-hydrogen) atoms. The monoisotopic (exact) mass is 266 g/mol. The first-order valence-corrected chi connectivity index (χ1v) is 4.88. The highest BCUT2D eigenvalue weighted by Gasteiger charge is 2.33. The second-order valence-electron chi connectivity index (χ2n) is 2.78. The van der Waals surface area contributed by atoms with Crippen LogP contribution in [0, 0.1) is 0 Å². The number of hydrogen-bond acceptors (Lipinski definition) is 3. The molecule has 0 bridgehead atoms. The average molecular weight is 267 g/mol. The van der Waals surface area contributed by atoms with Crippen molar-refractivity contribution in [3.05, 3.63) is 28.8 Å². The minimum atomic E-state index is -4.47. The van der Waals surface area contributed by atoms with Crippen LogP contribution in [0.3, 0.4) is 0 Å². The van der Waals surface area contributed by atoms with E-state index in [2.05, 4.69) is 27.7 Å². The van der Waals surface area contributed by atoms with Crippen LogP contribution in [0.5, 0.6) is 0 Å². The predicted octanol–water partition coefficient (Wildman–Crippen LogP) is 3.83. The van der Waals surface area contributed by atoms with Gasteiger partial charge in [-0.15, -0.1) is 0 Å². The Morgan fingerprint density at radius 2 is 2.12 bits per heavy atom. The zero-order valence-electron chi connectivity index (χ0n) is 7.81. The van der Waals surface area contributed by atoms with Gasteiger partial charge in [0.05, 0.1) is 15.7 Å². The summed E-state index contributed by atoms with van der Waals surface area (Å²) in [4.78, 5) is 3.52. The van der Waals surface area contributed by atoms with E-state index >= 15 is 0 Å². The smallest absolute Gasteiger partial charge is 0.366 e. The van der Waals surface area contributed by atoms with E-state index in [-0.39, 0.29) is 17.4 Å². The third-order valence-corrected chi connectivity index (χ3v) is 2.16. The zero-order chi connectivity index (χ0) is 12.2. The number of hydrogen-bond donors (Lipinski definition) is 1. The van der Waals surface area contributed by atoms with E-state index in [0.29, 0.717) is 0 Å². The van der Waals surface area contributed by atoms with Gasteiger partial charge < -0.3 is 5.32 Å². The minimum absolute atomic E-state index is 0.0719. The van der Waals surface area contributed by atoms with Gasteiger partial charge in [-0.25, -0.2) is 4.99 Å². The number of anilines is 1. The van der Waals surface area contributed by atoms with Crippen molar-refractivity contribution in [3.8, 4) is 0 Å². The second kappa shape index (κ2) is 5.30. The number of isothiocyanates is 1. The highest BCUT2D eigenvalue weighted by molar-refractivity contribution is 7.78. The third kappa shape index (κ3) is 3.48. The molecule has 0 unspecified atom stereocenters. The van der Waals surface area contributed by atoms with Crippen LogP contribution in [0.25, 0.3) is 0 Å². The van der Waals surface area contributed by atoms with Crippen molar-refractivity contribution >= 4 is 34.7 Å². The minimum Gasteiger partial charge on any atom is -0.366 e. The lowest BCUT2D eigenvalue weighted by atomic mass is 10.2. The average Bonchev–Trinajstić information content (AvgIpc) is 2.19. The van der Waals surface area contributed by atoms with E-state index in [4.69, 9.17) is 11.6 Å². The number of nitrogens with one attached hydrogen (secondary N) is 1. The Balaban J connectivity index is 2.94. The third-order valence-electron chi connectivity index (χ3n) is 1.70. The number of aliphatic imine (C=N–C) groups is 1. The van der Waals surface area contributed by atoms with Gasteiger partial charge in [0.25, 0.3) is 0 Å². The lowest BCUT2D eigenvalue weighted by Crippen LogP contribution is -2.07. The molecule has 1 rings (SSSR count). The Morgan fingerprint density at radius 3 is 2.69 bits per heavy atom. The molecule has 2 nitrogen and oxygen atoms in total. The first kappa shape index (κ1) is 13.0. The SMILES string of the molecule is FC(F)(F)c1cc(NCN=C=S)ccc1Cl. The van der Waals surface area contributed by atoms with Gasteiger partial charge in [-0.3, -0.25) is 0 Å². The Bertz CT molecular complexity index is 427. The van der Waals surface area contributed by atoms with Crippen LogP contribution in [0.15, 0.2) is 23.2 Å². The molecular formula is C9H6ClF3N2S. The second-order valence-corrected chi connectivity index (χ2v) is 3.37. The topological polar surface area (TPSA) is 24.4 Å². The van der Waals surface area contributed by atoms with Crippen molar-refractivity contribution in [2.75, 3.05) is 12.0 Å². The molecule has 86 valence electrons. The molecule has 0 atom stereocenters. The number of alkyl halides is 3. The predicted molar refractivity (Wildman–Crippen MR) is 60.0 cm³/mol. The Hall–Kier alpha value is -1.10. The Morgan fingerprint density at radius 1 is 1.44 bits per heavy atom. The van der Waals surface area contributed by atoms with Gasteiger partial charge in [-0.1, -0.05) is 11.6 Å². The number of benzene rings is 1. The van der Waals surface area contributed by atoms with Crippen molar-refractivity contribution in [3.63, 3.8) is 0 Å². The fourth-order valence-electron chi connectivity index (χ4n) is 1.02. The largest absolute Gasteiger partial charge is 0.417 e. The maximum absolute atomic E-state index is 12.5. The molecule has 7 heteroatoms. The summed E-state index contributed by atoms with van der Waals surface area (Å²) in [5.41, 5.74) is -0.615. The van der Waals surface area contributed by atoms with E-state index in [1.54, 1.807) is 0 Å². The first-order valence-electron chi connectivity index (χ1n) is 4.09. The fraction of sp³-hybridized carbons (Fsp3) is 0.222. The molecule has 0 aliphatic carbocycles. The molecule has 0 aromatic heterocycles. The molecule has 0 radical (unpaired) electrons. The van der Waals surface area contributed by atoms with E-state index in [1.165, 1.54) is 12.1 Å². The molecular weight excluding hydrogens is 261 g/mol. The first-order chi connectivity index (χ1) is 7.45. The molecule has 0 spiro atoms. The van der Waals surface area contributed by atoms with Crippen molar-refractivity contribution in [2.45, 2.75) is 6.18 Å². The summed E-state index contributed by atoms with van der Waals surface area (Å²) in [5, 5.41) is 4.39. The van der Waals surface area contributed by atoms with Crippen LogP contribution < -0.4 is 5.32 Å². The molecule has 0 fully saturated rings. The highest BCUT2D eigenvalue weighted by atomic mass is 35.5. The lowest BCUT2D eigenvalue weighted by molar-refractivity contribution is -0.137. The Labute approximate surface area is 100 Å². The molecule has 1 N–H and O–H groups in total. The van der Waals surface area contributed by atoms with Gasteiger partial charge in [0.1, 0.15) is 6.67 Å². The summed E-state index contributed by atoms with van der Waals surface area (Å²) >= 11 is 9.76. The molecule has 0 saturated carbocycles. The van der Waals surface area contributed by atoms with Gasteiger partial charge in [-0.05, 0) is 30.4 Å². The summed E-state index contributed by atoms with van der Waals surface area (Å²) in [6, 6.07) is 3.52. The van der Waals surface area contributed by atoms with Gasteiger partial charge in [0, 0.05) is 5.69 Å². The van der Waals surface area contributed by atoms with Crippen LogP contribution in [0.1, 0.15) is 5.56 Å². The zero-order valence-corrected chi connectivity index (χ0v) is 9.38. The van der Waals surface area contributed by atoms with Gasteiger partial charge in [0.2, 0.25) is 0 Å². The molecule has 0 heterocycles. The van der Waals surface area contributed by atoms with Crippen LogP contribution in [0.2, 0.25) is 5.02 Å². The quantitative estimate of drug-likeness (QED) is 0.664. The standard InChI is InChI=1S/C9H6ClF3N2S/c10-8-2-1-6(15-4-14-5-16)3-7(8)9(11,12)13/h1-3,15H,4H2. The van der Waals surface area contributed by atoms with Gasteiger partial charge in [0.15, 0.2) is 0 Å². The van der Waals surface area contributed by atoms with Crippen LogP contribution in [-0.2, 0) is 6.18 Å². The molecule has 1 aromatic rings. The van der Waals surface area contributed by atoms with E-state index in [9.17, 15) is 13.2 Å². The molecule has 0 saturated heterocycles. The van der Waals surface area contributed by atoms with Crippen LogP contribution in [0.4, 0.5) is 18.9 Å². The van der Waals surface area contributed by atoms with Crippen molar-refractivity contribution < 1.29 is 13.2 Å². The molecule has 0 amide bonds. The number of halogens is 4. The van der Waals surface area contributed by atoms with Crippen molar-refractivity contribution in [1.82, 2.24) is 0 Å². The fourth-order valence-corrected chi connectivity index (χ4v) is 1.30. The Kier molecular flexibility index (Phi) is 4.29. The summed E-state index contributed by atoms with van der Waals surface area (Å²) in [7, 11) is 0. The van der Waals surface area contributed by atoms with E-state index in [0.717, 1.165) is 6.07 Å². The van der Waals surface area contributed by atoms with Crippen LogP contribution >= 0.6 is 23.8 Å². The van der Waals surface area contributed by atoms with Gasteiger partial charge in [-0.2, -0.15) is 13.2 Å². The number of rotatable bonds is 3. The summed E-state index contributed by atoms with van der Waals surface area (Å²) in [5.74, 6) is 0. The molecule has 0 aliphatic heterocycles. The number of nitrogens with zero attached hydrogens (tertiary/aromatic N) is 1. The maximum atomic E-state index is 12.5.